The van der Waals surface area contributed by atoms with Crippen LogP contribution in [0, 0.1) is 0 Å². The topological polar surface area (TPSA) is 237 Å². The van der Waals surface area contributed by atoms with E-state index in [-0.39, 0.29) is 25.7 Å². The van der Waals surface area contributed by atoms with Crippen LogP contribution in [-0.2, 0) is 65.4 Å². The van der Waals surface area contributed by atoms with E-state index in [1.165, 1.54) is 283 Å². The lowest BCUT2D eigenvalue weighted by Gasteiger charge is -2.21. The van der Waals surface area contributed by atoms with Crippen LogP contribution in [0.3, 0.4) is 0 Å². The zero-order valence-corrected chi connectivity index (χ0v) is 68.4. The summed E-state index contributed by atoms with van der Waals surface area (Å²) in [6.45, 7) is 5.01. The number of phosphoric ester groups is 2. The highest BCUT2D eigenvalue weighted by Gasteiger charge is 2.30. The van der Waals surface area contributed by atoms with Gasteiger partial charge in [0, 0.05) is 25.7 Å². The summed E-state index contributed by atoms with van der Waals surface area (Å²) in [7, 11) is -9.92. The summed E-state index contributed by atoms with van der Waals surface area (Å²) in [5.74, 6) is -2.10. The van der Waals surface area contributed by atoms with Gasteiger partial charge < -0.3 is 33.8 Å². The molecule has 0 aliphatic heterocycles. The Bertz CT molecular complexity index is 1930. The summed E-state index contributed by atoms with van der Waals surface area (Å²) in [5, 5.41) is 10.6. The molecule has 0 fully saturated rings. The predicted octanol–water partition coefficient (Wildman–Crippen LogP) is 25.4. The van der Waals surface area contributed by atoms with Crippen LogP contribution in [0.25, 0.3) is 0 Å². The Hall–Kier alpha value is -1.94. The number of ether oxygens (including phenoxy) is 4. The molecule has 0 heterocycles. The largest absolute Gasteiger partial charge is 0.472 e. The zero-order valence-electron chi connectivity index (χ0n) is 66.6. The number of aliphatic hydroxyl groups is 1. The Labute approximate surface area is 626 Å². The standard InChI is InChI=1S/C83H162O17P2/c1-5-9-13-17-21-25-28-31-34-36-38-40-42-45-48-51-54-58-62-66-70-83(88)100-79(74-94-81(86)68-64-60-56-52-49-46-44-41-39-37-35-32-29-26-22-18-14-10-6-2)76-98-102(91,92)96-72-77(84)71-95-101(89,90)97-75-78(73-93-80(85)67-63-59-55-24-20-16-12-8-4)99-82(87)69-65-61-57-53-50-47-43-33-30-27-23-19-15-11-7-3/h77-79,84H,5-76H2,1-4H3,(H,89,90)(H,91,92)/t77-,78+,79+/m0/s1. The third-order valence-corrected chi connectivity index (χ3v) is 21.5. The molecule has 0 aromatic carbocycles. The lowest BCUT2D eigenvalue weighted by molar-refractivity contribution is -0.161. The van der Waals surface area contributed by atoms with Gasteiger partial charge in [-0.15, -0.1) is 0 Å². The molecule has 0 spiro atoms. The fourth-order valence-electron chi connectivity index (χ4n) is 13.0. The number of rotatable bonds is 84. The molecule has 0 bridgehead atoms. The molecule has 0 saturated carbocycles. The maximum absolute atomic E-state index is 13.1. The first-order chi connectivity index (χ1) is 49.7. The fraction of sp³-hybridized carbons (Fsp3) is 0.952. The minimum absolute atomic E-state index is 0.109. The van der Waals surface area contributed by atoms with Gasteiger partial charge in [0.1, 0.15) is 19.3 Å². The van der Waals surface area contributed by atoms with Gasteiger partial charge in [-0.25, -0.2) is 9.13 Å². The van der Waals surface area contributed by atoms with E-state index < -0.39 is 97.5 Å². The summed E-state index contributed by atoms with van der Waals surface area (Å²) in [5.41, 5.74) is 0. The second-order valence-corrected chi connectivity index (χ2v) is 32.8. The van der Waals surface area contributed by atoms with Gasteiger partial charge in [-0.1, -0.05) is 400 Å². The molecule has 102 heavy (non-hydrogen) atoms. The fourth-order valence-corrected chi connectivity index (χ4v) is 14.6. The van der Waals surface area contributed by atoms with E-state index in [4.69, 9.17) is 37.0 Å². The van der Waals surface area contributed by atoms with E-state index in [1.807, 2.05) is 0 Å². The molecular weight excluding hydrogens is 1330 g/mol. The molecule has 0 saturated heterocycles. The summed E-state index contributed by atoms with van der Waals surface area (Å²) in [6, 6.07) is 0. The van der Waals surface area contributed by atoms with Crippen molar-refractivity contribution in [2.24, 2.45) is 0 Å². The van der Waals surface area contributed by atoms with Crippen LogP contribution in [0.1, 0.15) is 451 Å². The normalized spacial score (nSPS) is 13.8. The highest BCUT2D eigenvalue weighted by molar-refractivity contribution is 7.47. The van der Waals surface area contributed by atoms with Crippen molar-refractivity contribution >= 4 is 39.5 Å². The number of carbonyl (C=O) groups is 4. The second-order valence-electron chi connectivity index (χ2n) is 29.9. The molecule has 0 aliphatic rings. The number of aliphatic hydroxyl groups excluding tert-OH is 1. The van der Waals surface area contributed by atoms with Crippen molar-refractivity contribution in [3.05, 3.63) is 0 Å². The highest BCUT2D eigenvalue weighted by Crippen LogP contribution is 2.45. The van der Waals surface area contributed by atoms with E-state index in [2.05, 4.69) is 27.7 Å². The Balaban J connectivity index is 5.19. The van der Waals surface area contributed by atoms with Crippen LogP contribution >= 0.6 is 15.6 Å². The van der Waals surface area contributed by atoms with Crippen molar-refractivity contribution in [3.8, 4) is 0 Å². The highest BCUT2D eigenvalue weighted by atomic mass is 31.2. The van der Waals surface area contributed by atoms with Crippen molar-refractivity contribution in [2.75, 3.05) is 39.6 Å². The van der Waals surface area contributed by atoms with Crippen LogP contribution < -0.4 is 0 Å². The summed E-state index contributed by atoms with van der Waals surface area (Å²) >= 11 is 0. The number of hydrogen-bond acceptors (Lipinski definition) is 15. The number of phosphoric acid groups is 2. The van der Waals surface area contributed by atoms with E-state index in [1.54, 1.807) is 0 Å². The first-order valence-electron chi connectivity index (χ1n) is 43.3. The van der Waals surface area contributed by atoms with E-state index in [9.17, 15) is 43.2 Å². The Morgan fingerprint density at radius 2 is 0.392 bits per heavy atom. The zero-order chi connectivity index (χ0) is 74.6. The molecule has 0 rings (SSSR count). The molecule has 19 heteroatoms. The minimum Gasteiger partial charge on any atom is -0.462 e. The maximum Gasteiger partial charge on any atom is 0.472 e. The molecule has 2 unspecified atom stereocenters. The van der Waals surface area contributed by atoms with Gasteiger partial charge in [0.05, 0.1) is 26.4 Å². The molecule has 5 atom stereocenters. The van der Waals surface area contributed by atoms with E-state index >= 15 is 0 Å². The first-order valence-corrected chi connectivity index (χ1v) is 46.3. The molecule has 0 aliphatic carbocycles. The first kappa shape index (κ1) is 100. The monoisotopic (exact) mass is 1490 g/mol. The molecule has 0 amide bonds. The van der Waals surface area contributed by atoms with Gasteiger partial charge in [0.25, 0.3) is 0 Å². The molecular formula is C83H162O17P2. The maximum atomic E-state index is 13.1. The van der Waals surface area contributed by atoms with Gasteiger partial charge in [-0.3, -0.25) is 37.3 Å². The van der Waals surface area contributed by atoms with E-state index in [0.29, 0.717) is 25.7 Å². The molecule has 3 N–H and O–H groups in total. The Morgan fingerprint density at radius 3 is 0.578 bits per heavy atom. The molecule has 606 valence electrons. The smallest absolute Gasteiger partial charge is 0.462 e. The van der Waals surface area contributed by atoms with Gasteiger partial charge in [0.15, 0.2) is 12.2 Å². The summed E-state index contributed by atoms with van der Waals surface area (Å²) in [4.78, 5) is 73.0. The second kappa shape index (κ2) is 77.2. The van der Waals surface area contributed by atoms with Crippen LogP contribution in [0.5, 0.6) is 0 Å². The van der Waals surface area contributed by atoms with E-state index in [0.717, 1.165) is 89.9 Å². The Kier molecular flexibility index (Phi) is 75.8. The molecule has 0 aromatic rings. The van der Waals surface area contributed by atoms with Gasteiger partial charge in [-0.2, -0.15) is 0 Å². The lowest BCUT2D eigenvalue weighted by Crippen LogP contribution is -2.30. The molecule has 0 radical (unpaired) electrons. The molecule has 0 aromatic heterocycles. The summed E-state index contributed by atoms with van der Waals surface area (Å²) in [6.07, 6.45) is 70.9. The van der Waals surface area contributed by atoms with Crippen molar-refractivity contribution in [3.63, 3.8) is 0 Å². The summed E-state index contributed by atoms with van der Waals surface area (Å²) < 4.78 is 68.7. The van der Waals surface area contributed by atoms with Crippen LogP contribution in [-0.4, -0.2) is 96.7 Å². The van der Waals surface area contributed by atoms with Crippen LogP contribution in [0.15, 0.2) is 0 Å². The van der Waals surface area contributed by atoms with Crippen LogP contribution in [0.4, 0.5) is 0 Å². The third-order valence-electron chi connectivity index (χ3n) is 19.6. The number of esters is 4. The van der Waals surface area contributed by atoms with Crippen molar-refractivity contribution < 1.29 is 80.2 Å². The predicted molar refractivity (Wildman–Crippen MR) is 419 cm³/mol. The SMILES string of the molecule is CCCCCCCCCCCCCCCCCCCCCCC(=O)O[C@H](COC(=O)CCCCCCCCCCCCCCCCCCCCC)COP(=O)(O)OC[C@@H](O)COP(=O)(O)OC[C@@H](COC(=O)CCCCCCCCCC)OC(=O)CCCCCCCCCCCCCCCCC. The minimum atomic E-state index is -4.96. The number of carbonyl (C=O) groups excluding carboxylic acids is 4. The average Bonchev–Trinajstić information content (AvgIpc) is 0.958. The quantitative estimate of drug-likeness (QED) is 0.0222. The molecule has 17 nitrogen and oxygen atoms in total. The van der Waals surface area contributed by atoms with Crippen LogP contribution in [0.2, 0.25) is 0 Å². The van der Waals surface area contributed by atoms with Crippen molar-refractivity contribution in [2.45, 2.75) is 470 Å². The van der Waals surface area contributed by atoms with Gasteiger partial charge in [-0.05, 0) is 25.7 Å². The van der Waals surface area contributed by atoms with Crippen molar-refractivity contribution in [1.82, 2.24) is 0 Å². The van der Waals surface area contributed by atoms with Gasteiger partial charge >= 0.3 is 39.5 Å². The van der Waals surface area contributed by atoms with Crippen molar-refractivity contribution in [1.29, 1.82) is 0 Å². The third kappa shape index (κ3) is 76.3. The number of hydrogen-bond donors (Lipinski definition) is 3. The average molecular weight is 1490 g/mol. The lowest BCUT2D eigenvalue weighted by atomic mass is 10.0. The van der Waals surface area contributed by atoms with Gasteiger partial charge in [0.2, 0.25) is 0 Å². The Morgan fingerprint density at radius 1 is 0.235 bits per heavy atom. The number of unbranched alkanes of at least 4 members (excludes halogenated alkanes) is 58.